The number of hydrogen-bond donors (Lipinski definition) is 2. The van der Waals surface area contributed by atoms with E-state index in [0.717, 1.165) is 0 Å². The quantitative estimate of drug-likeness (QED) is 0.439. The third-order valence-corrected chi connectivity index (χ3v) is 6.22. The summed E-state index contributed by atoms with van der Waals surface area (Å²) in [5, 5.41) is 5.65. The van der Waals surface area contributed by atoms with Gasteiger partial charge in [0.15, 0.2) is 12.1 Å². The summed E-state index contributed by atoms with van der Waals surface area (Å²) in [4.78, 5) is 39.9. The van der Waals surface area contributed by atoms with Gasteiger partial charge in [-0.1, -0.05) is 31.2 Å². The number of nitrogens with one attached hydrogen (secondary N) is 2. The number of amides is 3. The molecule has 3 aromatic rings. The Labute approximate surface area is 213 Å². The zero-order valence-corrected chi connectivity index (χ0v) is 20.4. The third kappa shape index (κ3) is 6.11. The van der Waals surface area contributed by atoms with Gasteiger partial charge in [0.1, 0.15) is 11.6 Å². The highest BCUT2D eigenvalue weighted by Gasteiger charge is 2.47. The zero-order valence-electron chi connectivity index (χ0n) is 20.4. The van der Waals surface area contributed by atoms with Crippen LogP contribution in [0.25, 0.3) is 0 Å². The average molecular weight is 508 g/mol. The van der Waals surface area contributed by atoms with Crippen molar-refractivity contribution in [2.45, 2.75) is 45.0 Å². The average Bonchev–Trinajstić information content (AvgIpc) is 3.21. The summed E-state index contributed by atoms with van der Waals surface area (Å²) >= 11 is 0. The van der Waals surface area contributed by atoms with Gasteiger partial charge in [-0.2, -0.15) is 0 Å². The summed E-state index contributed by atoms with van der Waals surface area (Å²) in [5.74, 6) is -1.60. The van der Waals surface area contributed by atoms with Crippen molar-refractivity contribution in [3.63, 3.8) is 0 Å². The summed E-state index contributed by atoms with van der Waals surface area (Å²) in [7, 11) is 0. The van der Waals surface area contributed by atoms with E-state index in [9.17, 15) is 23.2 Å². The van der Waals surface area contributed by atoms with Crippen LogP contribution in [0, 0.1) is 11.6 Å². The SMILES string of the molecule is CC[C@H](C)NC(=O)[C@H]1[C@@H](c2ccc(NC(=O)c3ccc(F)cc3)cc2)OC(=O)N1Cc1ccc(F)cc1. The van der Waals surface area contributed by atoms with Crippen molar-refractivity contribution in [3.8, 4) is 0 Å². The number of carbonyl (C=O) groups is 3. The molecule has 1 aliphatic rings. The van der Waals surface area contributed by atoms with E-state index in [1.165, 1.54) is 41.3 Å². The van der Waals surface area contributed by atoms with Gasteiger partial charge < -0.3 is 15.4 Å². The highest BCUT2D eigenvalue weighted by Crippen LogP contribution is 2.34. The van der Waals surface area contributed by atoms with Crippen LogP contribution < -0.4 is 10.6 Å². The minimum Gasteiger partial charge on any atom is -0.438 e. The monoisotopic (exact) mass is 507 g/mol. The Morgan fingerprint density at radius 3 is 2.14 bits per heavy atom. The molecule has 9 heteroatoms. The fourth-order valence-electron chi connectivity index (χ4n) is 3.99. The highest BCUT2D eigenvalue weighted by atomic mass is 19.1. The molecule has 2 N–H and O–H groups in total. The van der Waals surface area contributed by atoms with E-state index in [1.807, 2.05) is 13.8 Å². The number of cyclic esters (lactones) is 1. The Bertz CT molecular complexity index is 1260. The second-order valence-corrected chi connectivity index (χ2v) is 8.90. The molecular formula is C28H27F2N3O4. The van der Waals surface area contributed by atoms with E-state index in [2.05, 4.69) is 10.6 Å². The van der Waals surface area contributed by atoms with Crippen molar-refractivity contribution >= 4 is 23.6 Å². The number of ether oxygens (including phenoxy) is 1. The molecule has 1 fully saturated rings. The van der Waals surface area contributed by atoms with Gasteiger partial charge in [-0.3, -0.25) is 14.5 Å². The standard InChI is InChI=1S/C28H27F2N3O4/c1-3-17(2)31-27(35)24-25(37-28(36)33(24)16-18-4-10-21(29)11-5-18)19-8-14-23(15-9-19)32-26(34)20-6-12-22(30)13-7-20/h4-15,17,24-25H,3,16H2,1-2H3,(H,31,35)(H,32,34)/t17-,24+,25+/m0/s1. The van der Waals surface area contributed by atoms with Crippen molar-refractivity contribution in [3.05, 3.63) is 101 Å². The zero-order chi connectivity index (χ0) is 26.5. The van der Waals surface area contributed by atoms with Crippen LogP contribution in [0.5, 0.6) is 0 Å². The number of rotatable bonds is 8. The smallest absolute Gasteiger partial charge is 0.411 e. The Morgan fingerprint density at radius 1 is 0.946 bits per heavy atom. The Kier molecular flexibility index (Phi) is 7.81. The fraction of sp³-hybridized carbons (Fsp3) is 0.250. The van der Waals surface area contributed by atoms with Crippen molar-refractivity contribution in [2.75, 3.05) is 5.32 Å². The Balaban J connectivity index is 1.55. The number of nitrogens with zero attached hydrogens (tertiary/aromatic N) is 1. The molecule has 37 heavy (non-hydrogen) atoms. The number of carbonyl (C=O) groups excluding carboxylic acids is 3. The lowest BCUT2D eigenvalue weighted by Crippen LogP contribution is -2.48. The van der Waals surface area contributed by atoms with Crippen LogP contribution in [-0.4, -0.2) is 34.9 Å². The van der Waals surface area contributed by atoms with Crippen LogP contribution >= 0.6 is 0 Å². The number of hydrogen-bond acceptors (Lipinski definition) is 4. The fourth-order valence-corrected chi connectivity index (χ4v) is 3.99. The van der Waals surface area contributed by atoms with Gasteiger partial charge >= 0.3 is 6.09 Å². The van der Waals surface area contributed by atoms with Gasteiger partial charge in [0.2, 0.25) is 5.91 Å². The van der Waals surface area contributed by atoms with Crippen molar-refractivity contribution in [1.82, 2.24) is 10.2 Å². The lowest BCUT2D eigenvalue weighted by Gasteiger charge is -2.25. The first kappa shape index (κ1) is 25.8. The third-order valence-electron chi connectivity index (χ3n) is 6.22. The molecule has 3 aromatic carbocycles. The summed E-state index contributed by atoms with van der Waals surface area (Å²) in [6.07, 6.45) is -0.843. The van der Waals surface area contributed by atoms with E-state index in [0.29, 0.717) is 28.8 Å². The molecule has 3 atom stereocenters. The minimum absolute atomic E-state index is 0.0695. The molecule has 1 aliphatic heterocycles. The minimum atomic E-state index is -0.953. The molecule has 0 spiro atoms. The maximum Gasteiger partial charge on any atom is 0.411 e. The lowest BCUT2D eigenvalue weighted by molar-refractivity contribution is -0.127. The summed E-state index contributed by atoms with van der Waals surface area (Å²) in [5.41, 5.74) is 2.00. The largest absolute Gasteiger partial charge is 0.438 e. The van der Waals surface area contributed by atoms with E-state index in [-0.39, 0.29) is 18.5 Å². The molecule has 4 rings (SSSR count). The molecule has 7 nitrogen and oxygen atoms in total. The Morgan fingerprint density at radius 2 is 1.54 bits per heavy atom. The maximum absolute atomic E-state index is 13.4. The number of anilines is 1. The van der Waals surface area contributed by atoms with Crippen LogP contribution in [0.15, 0.2) is 72.8 Å². The molecule has 0 bridgehead atoms. The highest BCUT2D eigenvalue weighted by molar-refractivity contribution is 6.04. The van der Waals surface area contributed by atoms with Gasteiger partial charge in [0.25, 0.3) is 5.91 Å². The summed E-state index contributed by atoms with van der Waals surface area (Å²) in [6.45, 7) is 3.88. The van der Waals surface area contributed by atoms with Crippen LogP contribution in [0.3, 0.4) is 0 Å². The number of benzene rings is 3. The molecular weight excluding hydrogens is 480 g/mol. The molecule has 1 heterocycles. The molecule has 3 amide bonds. The molecule has 0 saturated carbocycles. The van der Waals surface area contributed by atoms with Gasteiger partial charge in [-0.25, -0.2) is 13.6 Å². The van der Waals surface area contributed by atoms with Gasteiger partial charge in [0.05, 0.1) is 6.54 Å². The van der Waals surface area contributed by atoms with E-state index in [1.54, 1.807) is 36.4 Å². The first-order chi connectivity index (χ1) is 17.7. The Hall–Kier alpha value is -4.27. The first-order valence-corrected chi connectivity index (χ1v) is 11.9. The van der Waals surface area contributed by atoms with Crippen LogP contribution in [0.1, 0.15) is 47.9 Å². The summed E-state index contributed by atoms with van der Waals surface area (Å²) < 4.78 is 32.1. The molecule has 0 radical (unpaired) electrons. The van der Waals surface area contributed by atoms with Crippen LogP contribution in [0.4, 0.5) is 19.3 Å². The maximum atomic E-state index is 13.4. The van der Waals surface area contributed by atoms with E-state index in [4.69, 9.17) is 4.74 Å². The second kappa shape index (κ2) is 11.2. The van der Waals surface area contributed by atoms with Gasteiger partial charge in [0, 0.05) is 17.3 Å². The van der Waals surface area contributed by atoms with Gasteiger partial charge in [-0.05, 0) is 73.0 Å². The van der Waals surface area contributed by atoms with Crippen molar-refractivity contribution < 1.29 is 27.9 Å². The predicted octanol–water partition coefficient (Wildman–Crippen LogP) is 5.19. The van der Waals surface area contributed by atoms with Crippen LogP contribution in [0.2, 0.25) is 0 Å². The topological polar surface area (TPSA) is 87.7 Å². The predicted molar refractivity (Wildman–Crippen MR) is 134 cm³/mol. The van der Waals surface area contributed by atoms with Crippen molar-refractivity contribution in [1.29, 1.82) is 0 Å². The normalized spacial score (nSPS) is 17.7. The number of halogens is 2. The second-order valence-electron chi connectivity index (χ2n) is 8.90. The molecule has 1 saturated heterocycles. The lowest BCUT2D eigenvalue weighted by atomic mass is 10.00. The summed E-state index contributed by atoms with van der Waals surface area (Å²) in [6, 6.07) is 16.4. The van der Waals surface area contributed by atoms with E-state index < -0.39 is 35.8 Å². The van der Waals surface area contributed by atoms with Gasteiger partial charge in [-0.15, -0.1) is 0 Å². The molecule has 192 valence electrons. The first-order valence-electron chi connectivity index (χ1n) is 11.9. The van der Waals surface area contributed by atoms with Crippen LogP contribution in [-0.2, 0) is 16.1 Å². The molecule has 0 aromatic heterocycles. The van der Waals surface area contributed by atoms with E-state index >= 15 is 0 Å². The van der Waals surface area contributed by atoms with Crippen molar-refractivity contribution in [2.24, 2.45) is 0 Å². The molecule has 0 aliphatic carbocycles. The molecule has 0 unspecified atom stereocenters.